The summed E-state index contributed by atoms with van der Waals surface area (Å²) in [6.07, 6.45) is 4.50. The Bertz CT molecular complexity index is 1440. The van der Waals surface area contributed by atoms with E-state index in [0.717, 1.165) is 5.56 Å². The van der Waals surface area contributed by atoms with Gasteiger partial charge < -0.3 is 24.9 Å². The lowest BCUT2D eigenvalue weighted by atomic mass is 10.1. The summed E-state index contributed by atoms with van der Waals surface area (Å²) in [6, 6.07) is 5.15. The number of amides is 2. The predicted octanol–water partition coefficient (Wildman–Crippen LogP) is 3.32. The van der Waals surface area contributed by atoms with Crippen LogP contribution in [0.25, 0.3) is 22.2 Å². The average Bonchev–Trinajstić information content (AvgIpc) is 3.59. The number of carbonyl (C=O) groups is 2. The van der Waals surface area contributed by atoms with Gasteiger partial charge in [0.1, 0.15) is 42.4 Å². The van der Waals surface area contributed by atoms with E-state index >= 15 is 0 Å². The van der Waals surface area contributed by atoms with Crippen molar-refractivity contribution in [3.8, 4) is 11.1 Å². The van der Waals surface area contributed by atoms with E-state index in [1.807, 2.05) is 0 Å². The van der Waals surface area contributed by atoms with Gasteiger partial charge in [0.05, 0.1) is 29.5 Å². The van der Waals surface area contributed by atoms with E-state index in [0.29, 0.717) is 16.6 Å². The van der Waals surface area contributed by atoms with E-state index in [9.17, 15) is 18.4 Å². The molecule has 2 atom stereocenters. The molecule has 0 unspecified atom stereocenters. The van der Waals surface area contributed by atoms with E-state index in [1.54, 1.807) is 22.9 Å². The van der Waals surface area contributed by atoms with Crippen LogP contribution in [0.1, 0.15) is 12.0 Å². The Hall–Kier alpha value is -3.99. The standard InChI is InChI=1S/C24H21ClF2N6O3/c25-17-3-1-2-13(21(17)27)7-29-24(35)18-6-15(26)8-33(18)19(34)10-32-9-16(14-4-5-36-11-14)20-22(28)30-12-31-23(20)32/h1-5,9,11-12,15,18H,6-8,10H2,(H,29,35)(H2,28,30,31)/t15-,18-/m1/s1. The van der Waals surface area contributed by atoms with Gasteiger partial charge in [0.25, 0.3) is 0 Å². The first-order valence-corrected chi connectivity index (χ1v) is 11.5. The zero-order valence-electron chi connectivity index (χ0n) is 18.8. The minimum atomic E-state index is -1.37. The van der Waals surface area contributed by atoms with Gasteiger partial charge in [-0.05, 0) is 12.1 Å². The molecule has 3 N–H and O–H groups in total. The van der Waals surface area contributed by atoms with Crippen LogP contribution >= 0.6 is 11.6 Å². The van der Waals surface area contributed by atoms with E-state index in [1.165, 1.54) is 35.9 Å². The summed E-state index contributed by atoms with van der Waals surface area (Å²) in [4.78, 5) is 35.6. The Balaban J connectivity index is 1.36. The maximum Gasteiger partial charge on any atom is 0.243 e. The van der Waals surface area contributed by atoms with Crippen LogP contribution in [-0.2, 0) is 22.7 Å². The fourth-order valence-electron chi connectivity index (χ4n) is 4.43. The summed E-state index contributed by atoms with van der Waals surface area (Å²) in [5, 5.41) is 3.07. The summed E-state index contributed by atoms with van der Waals surface area (Å²) < 4.78 is 35.3. The lowest BCUT2D eigenvalue weighted by Gasteiger charge is -2.24. The molecule has 4 heterocycles. The van der Waals surface area contributed by atoms with Crippen molar-refractivity contribution in [3.63, 3.8) is 0 Å². The van der Waals surface area contributed by atoms with Gasteiger partial charge in [-0.25, -0.2) is 18.7 Å². The number of hydrogen-bond donors (Lipinski definition) is 2. The predicted molar refractivity (Wildman–Crippen MR) is 128 cm³/mol. The van der Waals surface area contributed by atoms with Gasteiger partial charge in [0.15, 0.2) is 0 Å². The highest BCUT2D eigenvalue weighted by atomic mass is 35.5. The summed E-state index contributed by atoms with van der Waals surface area (Å²) in [6.45, 7) is -0.579. The molecule has 0 aliphatic carbocycles. The Labute approximate surface area is 208 Å². The van der Waals surface area contributed by atoms with Crippen molar-refractivity contribution in [1.82, 2.24) is 24.8 Å². The van der Waals surface area contributed by atoms with Crippen molar-refractivity contribution < 1.29 is 22.8 Å². The molecule has 2 amide bonds. The molecule has 0 bridgehead atoms. The molecule has 4 aromatic rings. The van der Waals surface area contributed by atoms with Gasteiger partial charge in [0.2, 0.25) is 11.8 Å². The third-order valence-electron chi connectivity index (χ3n) is 6.18. The molecule has 12 heteroatoms. The van der Waals surface area contributed by atoms with Crippen LogP contribution in [0.2, 0.25) is 5.02 Å². The minimum Gasteiger partial charge on any atom is -0.472 e. The number of rotatable bonds is 6. The number of likely N-dealkylation sites (tertiary alicyclic amines) is 1. The number of hydrogen-bond acceptors (Lipinski definition) is 6. The van der Waals surface area contributed by atoms with Crippen LogP contribution < -0.4 is 11.1 Å². The molecule has 3 aromatic heterocycles. The third kappa shape index (κ3) is 4.37. The highest BCUT2D eigenvalue weighted by molar-refractivity contribution is 6.30. The second-order valence-corrected chi connectivity index (χ2v) is 8.87. The van der Waals surface area contributed by atoms with Crippen molar-refractivity contribution >= 4 is 40.3 Å². The Morgan fingerprint density at radius 2 is 2.11 bits per heavy atom. The number of nitrogens with one attached hydrogen (secondary N) is 1. The SMILES string of the molecule is Nc1ncnc2c1c(-c1ccoc1)cn2CC(=O)N1C[C@H](F)C[C@@H]1C(=O)NCc1cccc(Cl)c1F. The molecule has 186 valence electrons. The molecule has 1 aliphatic rings. The molecule has 36 heavy (non-hydrogen) atoms. The molecule has 9 nitrogen and oxygen atoms in total. The van der Waals surface area contributed by atoms with Crippen LogP contribution in [-0.4, -0.2) is 50.0 Å². The molecule has 1 aromatic carbocycles. The first-order chi connectivity index (χ1) is 17.3. The average molecular weight is 515 g/mol. The molecule has 0 radical (unpaired) electrons. The van der Waals surface area contributed by atoms with Crippen molar-refractivity contribution in [2.24, 2.45) is 0 Å². The molecule has 5 rings (SSSR count). The van der Waals surface area contributed by atoms with Crippen molar-refractivity contribution in [2.45, 2.75) is 31.7 Å². The van der Waals surface area contributed by atoms with E-state index in [4.69, 9.17) is 21.8 Å². The number of nitrogens with two attached hydrogens (primary N) is 1. The van der Waals surface area contributed by atoms with Crippen LogP contribution in [0.3, 0.4) is 0 Å². The number of nitrogen functional groups attached to an aromatic ring is 1. The zero-order chi connectivity index (χ0) is 25.4. The number of carbonyl (C=O) groups excluding carboxylic acids is 2. The van der Waals surface area contributed by atoms with Gasteiger partial charge in [-0.1, -0.05) is 23.7 Å². The minimum absolute atomic E-state index is 0.0681. The smallest absolute Gasteiger partial charge is 0.243 e. The summed E-state index contributed by atoms with van der Waals surface area (Å²) in [5.74, 6) is -1.46. The number of nitrogens with zero attached hydrogens (tertiary/aromatic N) is 4. The van der Waals surface area contributed by atoms with E-state index < -0.39 is 29.8 Å². The third-order valence-corrected chi connectivity index (χ3v) is 6.47. The van der Waals surface area contributed by atoms with Gasteiger partial charge in [-0.2, -0.15) is 0 Å². The second kappa shape index (κ2) is 9.57. The molecule has 1 fully saturated rings. The number of furan rings is 1. The number of fused-ring (bicyclic) bond motifs is 1. The lowest BCUT2D eigenvalue weighted by Crippen LogP contribution is -2.46. The lowest BCUT2D eigenvalue weighted by molar-refractivity contribution is -0.139. The maximum atomic E-state index is 14.4. The van der Waals surface area contributed by atoms with Gasteiger partial charge >= 0.3 is 0 Å². The first kappa shape index (κ1) is 23.7. The number of halogens is 3. The number of aromatic nitrogens is 3. The highest BCUT2D eigenvalue weighted by Crippen LogP contribution is 2.33. The quantitative estimate of drug-likeness (QED) is 0.407. The van der Waals surface area contributed by atoms with Gasteiger partial charge in [0, 0.05) is 35.9 Å². The number of alkyl halides is 1. The van der Waals surface area contributed by atoms with Crippen LogP contribution in [0.15, 0.2) is 53.7 Å². The van der Waals surface area contributed by atoms with Crippen molar-refractivity contribution in [2.75, 3.05) is 12.3 Å². The monoisotopic (exact) mass is 514 g/mol. The van der Waals surface area contributed by atoms with Gasteiger partial charge in [-0.3, -0.25) is 9.59 Å². The second-order valence-electron chi connectivity index (χ2n) is 8.47. The molecular formula is C24H21ClF2N6O3. The van der Waals surface area contributed by atoms with E-state index in [-0.39, 0.29) is 42.5 Å². The van der Waals surface area contributed by atoms with E-state index in [2.05, 4.69) is 15.3 Å². The Morgan fingerprint density at radius 3 is 2.89 bits per heavy atom. The number of benzene rings is 1. The molecule has 0 saturated carbocycles. The largest absolute Gasteiger partial charge is 0.472 e. The summed E-state index contributed by atoms with van der Waals surface area (Å²) >= 11 is 5.79. The van der Waals surface area contributed by atoms with Gasteiger partial charge in [-0.15, -0.1) is 0 Å². The fourth-order valence-corrected chi connectivity index (χ4v) is 4.63. The molecule has 1 saturated heterocycles. The first-order valence-electron chi connectivity index (χ1n) is 11.1. The fraction of sp³-hybridized carbons (Fsp3) is 0.250. The summed E-state index contributed by atoms with van der Waals surface area (Å²) in [7, 11) is 0. The summed E-state index contributed by atoms with van der Waals surface area (Å²) in [5.41, 5.74) is 8.08. The molecule has 1 aliphatic heterocycles. The topological polar surface area (TPSA) is 119 Å². The van der Waals surface area contributed by atoms with Crippen LogP contribution in [0.5, 0.6) is 0 Å². The molecule has 0 spiro atoms. The Morgan fingerprint density at radius 1 is 1.28 bits per heavy atom. The number of anilines is 1. The highest BCUT2D eigenvalue weighted by Gasteiger charge is 2.40. The van der Waals surface area contributed by atoms with Crippen molar-refractivity contribution in [1.29, 1.82) is 0 Å². The molecular weight excluding hydrogens is 494 g/mol. The van der Waals surface area contributed by atoms with Crippen molar-refractivity contribution in [3.05, 3.63) is 65.7 Å². The normalized spacial score (nSPS) is 17.6. The maximum absolute atomic E-state index is 14.4. The van der Waals surface area contributed by atoms with Crippen LogP contribution in [0.4, 0.5) is 14.6 Å². The Kier molecular flexibility index (Phi) is 6.31. The van der Waals surface area contributed by atoms with Crippen LogP contribution in [0, 0.1) is 5.82 Å². The zero-order valence-corrected chi connectivity index (χ0v) is 19.6.